The highest BCUT2D eigenvalue weighted by molar-refractivity contribution is 5.85. The number of ether oxygens (including phenoxy) is 1. The zero-order valence-corrected chi connectivity index (χ0v) is 16.1. The van der Waals surface area contributed by atoms with Gasteiger partial charge in [0, 0.05) is 6.04 Å². The van der Waals surface area contributed by atoms with E-state index in [1.807, 2.05) is 0 Å². The van der Waals surface area contributed by atoms with Crippen molar-refractivity contribution in [2.75, 3.05) is 0 Å². The van der Waals surface area contributed by atoms with Crippen molar-refractivity contribution < 1.29 is 19.4 Å². The Morgan fingerprint density at radius 2 is 1.77 bits per heavy atom. The van der Waals surface area contributed by atoms with Crippen molar-refractivity contribution in [1.29, 1.82) is 0 Å². The molecule has 0 aromatic heterocycles. The van der Waals surface area contributed by atoms with Gasteiger partial charge in [0.2, 0.25) is 0 Å². The van der Waals surface area contributed by atoms with E-state index < -0.39 is 17.1 Å². The van der Waals surface area contributed by atoms with Gasteiger partial charge in [-0.05, 0) is 76.0 Å². The molecule has 5 fully saturated rings. The predicted molar refractivity (Wildman–Crippen MR) is 97.2 cm³/mol. The van der Waals surface area contributed by atoms with Gasteiger partial charge in [-0.2, -0.15) is 0 Å². The van der Waals surface area contributed by atoms with Crippen LogP contribution >= 0.6 is 0 Å². The number of esters is 1. The topological polar surface area (TPSA) is 75.6 Å². The van der Waals surface area contributed by atoms with Crippen LogP contribution in [0.3, 0.4) is 0 Å². The van der Waals surface area contributed by atoms with Gasteiger partial charge in [-0.25, -0.2) is 0 Å². The van der Waals surface area contributed by atoms with Crippen LogP contribution in [0.15, 0.2) is 0 Å². The van der Waals surface area contributed by atoms with Crippen LogP contribution in [0.2, 0.25) is 0 Å². The van der Waals surface area contributed by atoms with E-state index in [-0.39, 0.29) is 17.9 Å². The molecular formula is C21H33NO4. The predicted octanol–water partition coefficient (Wildman–Crippen LogP) is 2.94. The summed E-state index contributed by atoms with van der Waals surface area (Å²) < 4.78 is 5.66. The van der Waals surface area contributed by atoms with Crippen LogP contribution in [-0.4, -0.2) is 34.7 Å². The van der Waals surface area contributed by atoms with Crippen molar-refractivity contribution >= 4 is 11.9 Å². The van der Waals surface area contributed by atoms with E-state index in [2.05, 4.69) is 12.2 Å². The minimum absolute atomic E-state index is 0.180. The number of carbonyl (C=O) groups is 2. The molecule has 0 spiro atoms. The summed E-state index contributed by atoms with van der Waals surface area (Å²) in [5.41, 5.74) is -1.25. The van der Waals surface area contributed by atoms with E-state index in [0.717, 1.165) is 51.4 Å². The van der Waals surface area contributed by atoms with Crippen molar-refractivity contribution in [3.63, 3.8) is 0 Å². The number of carbonyl (C=O) groups excluding carboxylic acids is 2. The first kappa shape index (κ1) is 18.3. The number of hydrogen-bond acceptors (Lipinski definition) is 4. The molecule has 26 heavy (non-hydrogen) atoms. The van der Waals surface area contributed by atoms with E-state index in [1.54, 1.807) is 6.92 Å². The Morgan fingerprint density at radius 3 is 2.38 bits per heavy atom. The Hall–Kier alpha value is -1.10. The molecule has 0 heterocycles. The highest BCUT2D eigenvalue weighted by Crippen LogP contribution is 2.62. The number of hydrogen-bond donors (Lipinski definition) is 2. The fourth-order valence-corrected chi connectivity index (χ4v) is 6.62. The van der Waals surface area contributed by atoms with Crippen LogP contribution in [0.1, 0.15) is 78.1 Å². The largest absolute Gasteiger partial charge is 0.452 e. The summed E-state index contributed by atoms with van der Waals surface area (Å²) in [6.45, 7) is 3.85. The average molecular weight is 363 g/mol. The molecular weight excluding hydrogens is 330 g/mol. The molecule has 4 bridgehead atoms. The Labute approximate surface area is 156 Å². The second-order valence-corrected chi connectivity index (χ2v) is 9.89. The molecule has 5 aliphatic rings. The molecule has 146 valence electrons. The molecule has 0 unspecified atom stereocenters. The first-order chi connectivity index (χ1) is 12.3. The van der Waals surface area contributed by atoms with E-state index in [4.69, 9.17) is 4.74 Å². The summed E-state index contributed by atoms with van der Waals surface area (Å²) >= 11 is 0. The molecule has 0 saturated heterocycles. The summed E-state index contributed by atoms with van der Waals surface area (Å²) in [4.78, 5) is 25.5. The van der Waals surface area contributed by atoms with Gasteiger partial charge in [-0.3, -0.25) is 9.59 Å². The Morgan fingerprint density at radius 1 is 1.12 bits per heavy atom. The monoisotopic (exact) mass is 363 g/mol. The number of rotatable bonds is 4. The van der Waals surface area contributed by atoms with Crippen LogP contribution < -0.4 is 5.32 Å². The second kappa shape index (κ2) is 6.50. The third kappa shape index (κ3) is 3.28. The zero-order chi connectivity index (χ0) is 18.5. The summed E-state index contributed by atoms with van der Waals surface area (Å²) in [6, 6.07) is 0.192. The molecule has 0 aliphatic heterocycles. The summed E-state index contributed by atoms with van der Waals surface area (Å²) in [5.74, 6) is 0.903. The maximum atomic E-state index is 13.0. The van der Waals surface area contributed by atoms with Gasteiger partial charge in [0.25, 0.3) is 5.91 Å². The molecule has 2 N–H and O–H groups in total. The van der Waals surface area contributed by atoms with Gasteiger partial charge in [0.05, 0.1) is 11.0 Å². The Balaban J connectivity index is 1.37. The van der Waals surface area contributed by atoms with Crippen LogP contribution in [-0.2, 0) is 14.3 Å². The highest BCUT2D eigenvalue weighted by Gasteiger charge is 2.61. The normalized spacial score (nSPS) is 45.2. The Bertz CT molecular complexity index is 575. The van der Waals surface area contributed by atoms with E-state index in [9.17, 15) is 14.7 Å². The molecule has 5 aliphatic carbocycles. The molecule has 5 atom stereocenters. The molecule has 5 saturated carbocycles. The lowest BCUT2D eigenvalue weighted by Gasteiger charge is -2.58. The van der Waals surface area contributed by atoms with Gasteiger partial charge >= 0.3 is 5.97 Å². The number of aliphatic hydroxyl groups is 1. The molecule has 5 nitrogen and oxygen atoms in total. The lowest BCUT2D eigenvalue weighted by Crippen LogP contribution is -2.59. The van der Waals surface area contributed by atoms with Crippen molar-refractivity contribution in [2.45, 2.75) is 95.8 Å². The van der Waals surface area contributed by atoms with Crippen LogP contribution in [0, 0.1) is 23.2 Å². The highest BCUT2D eigenvalue weighted by atomic mass is 16.5. The first-order valence-corrected chi connectivity index (χ1v) is 10.5. The standard InChI is InChI=1S/C21H33NO4/c1-13-5-3-4-6-17(13)22-18(23)14(2)26-19(24)20-8-15-7-16(9-20)11-21(25,10-15)12-20/h13-17,25H,3-12H2,1-2H3,(H,22,23)/t13-,14-,15+,16+,17-,20?,21?/m0/s1. The van der Waals surface area contributed by atoms with Crippen molar-refractivity contribution in [1.82, 2.24) is 5.32 Å². The van der Waals surface area contributed by atoms with Crippen molar-refractivity contribution in [3.05, 3.63) is 0 Å². The number of amides is 1. The van der Waals surface area contributed by atoms with Crippen LogP contribution in [0.5, 0.6) is 0 Å². The fraction of sp³-hybridized carbons (Fsp3) is 0.905. The minimum Gasteiger partial charge on any atom is -0.452 e. The summed E-state index contributed by atoms with van der Waals surface area (Å²) in [6.07, 6.45) is 8.70. The lowest BCUT2D eigenvalue weighted by molar-refractivity contribution is -0.200. The van der Waals surface area contributed by atoms with Crippen LogP contribution in [0.25, 0.3) is 0 Å². The van der Waals surface area contributed by atoms with Gasteiger partial charge in [0.15, 0.2) is 6.10 Å². The molecule has 0 radical (unpaired) electrons. The molecule has 5 heteroatoms. The number of nitrogens with one attached hydrogen (secondary N) is 1. The molecule has 0 aromatic carbocycles. The third-order valence-corrected chi connectivity index (χ3v) is 7.56. The quantitative estimate of drug-likeness (QED) is 0.753. The van der Waals surface area contributed by atoms with Crippen LogP contribution in [0.4, 0.5) is 0 Å². The smallest absolute Gasteiger partial charge is 0.312 e. The average Bonchev–Trinajstić information content (AvgIpc) is 2.54. The van der Waals surface area contributed by atoms with E-state index in [1.165, 1.54) is 6.42 Å². The van der Waals surface area contributed by atoms with Gasteiger partial charge in [0.1, 0.15) is 0 Å². The molecule has 0 aromatic rings. The Kier molecular flexibility index (Phi) is 4.57. The molecule has 5 rings (SSSR count). The van der Waals surface area contributed by atoms with Gasteiger partial charge in [-0.1, -0.05) is 19.8 Å². The summed E-state index contributed by atoms with van der Waals surface area (Å²) in [7, 11) is 0. The van der Waals surface area contributed by atoms with Crippen molar-refractivity contribution in [3.8, 4) is 0 Å². The maximum absolute atomic E-state index is 13.0. The zero-order valence-electron chi connectivity index (χ0n) is 16.1. The third-order valence-electron chi connectivity index (χ3n) is 7.56. The second-order valence-electron chi connectivity index (χ2n) is 9.89. The van der Waals surface area contributed by atoms with E-state index >= 15 is 0 Å². The van der Waals surface area contributed by atoms with E-state index in [0.29, 0.717) is 24.2 Å². The lowest BCUT2D eigenvalue weighted by atomic mass is 9.48. The maximum Gasteiger partial charge on any atom is 0.312 e. The SMILES string of the molecule is C[C@H](OC(=O)C12C[C@H]3C[C@@H](CC(O)(C3)C1)C2)C(=O)N[C@H]1CCCC[C@@H]1C. The molecule has 1 amide bonds. The minimum atomic E-state index is -0.765. The van der Waals surface area contributed by atoms with Crippen molar-refractivity contribution in [2.24, 2.45) is 23.2 Å². The summed E-state index contributed by atoms with van der Waals surface area (Å²) in [5, 5.41) is 13.9. The van der Waals surface area contributed by atoms with Gasteiger partial charge < -0.3 is 15.2 Å². The first-order valence-electron chi connectivity index (χ1n) is 10.5. The van der Waals surface area contributed by atoms with Gasteiger partial charge in [-0.15, -0.1) is 0 Å². The fourth-order valence-electron chi connectivity index (χ4n) is 6.62.